The van der Waals surface area contributed by atoms with Crippen LogP contribution in [-0.2, 0) is 4.74 Å². The topological polar surface area (TPSA) is 70.4 Å². The molecule has 0 radical (unpaired) electrons. The third-order valence-corrected chi connectivity index (χ3v) is 3.29. The molecule has 2 rings (SSSR count). The molecule has 5 heteroatoms. The molecule has 0 saturated heterocycles. The number of anilines is 1. The average molecular weight is 308 g/mol. The van der Waals surface area contributed by atoms with Crippen LogP contribution in [0.1, 0.15) is 27.6 Å². The van der Waals surface area contributed by atoms with Gasteiger partial charge in [-0.15, -0.1) is 0 Å². The van der Waals surface area contributed by atoms with E-state index < -0.39 is 12.1 Å². The van der Waals surface area contributed by atoms with Gasteiger partial charge in [0.2, 0.25) is 0 Å². The van der Waals surface area contributed by atoms with Gasteiger partial charge in [0.15, 0.2) is 6.10 Å². The molecule has 5 nitrogen and oxygen atoms in total. The summed E-state index contributed by atoms with van der Waals surface area (Å²) in [5.41, 5.74) is 1.09. The fraction of sp³-hybridized carbons (Fsp3) is 0.167. The van der Waals surface area contributed by atoms with E-state index >= 15 is 0 Å². The molecule has 2 aromatic rings. The van der Waals surface area contributed by atoms with Gasteiger partial charge in [0.1, 0.15) is 6.07 Å². The first-order valence-electron chi connectivity index (χ1n) is 7.07. The summed E-state index contributed by atoms with van der Waals surface area (Å²) in [4.78, 5) is 26.3. The lowest BCUT2D eigenvalue weighted by molar-refractivity contribution is 0.0432. The van der Waals surface area contributed by atoms with E-state index in [1.54, 1.807) is 37.4 Å². The van der Waals surface area contributed by atoms with Crippen molar-refractivity contribution in [3.8, 4) is 6.07 Å². The number of carbonyl (C=O) groups is 2. The Kier molecular flexibility index (Phi) is 5.11. The molecule has 0 heterocycles. The lowest BCUT2D eigenvalue weighted by atomic mass is 10.1. The Morgan fingerprint density at radius 2 is 1.61 bits per heavy atom. The summed E-state index contributed by atoms with van der Waals surface area (Å²) in [6.07, 6.45) is -0.877. The molecule has 23 heavy (non-hydrogen) atoms. The van der Waals surface area contributed by atoms with Crippen molar-refractivity contribution < 1.29 is 14.3 Å². The maximum atomic E-state index is 12.7. The molecule has 0 aromatic heterocycles. The van der Waals surface area contributed by atoms with Crippen molar-refractivity contribution in [1.29, 1.82) is 5.26 Å². The van der Waals surface area contributed by atoms with Gasteiger partial charge in [0.05, 0.1) is 11.1 Å². The molecule has 0 fully saturated rings. The number of rotatable bonds is 4. The third kappa shape index (κ3) is 3.74. The Bertz CT molecular complexity index is 750. The molecule has 0 spiro atoms. The molecule has 0 aliphatic rings. The molecule has 116 valence electrons. The zero-order valence-electron chi connectivity index (χ0n) is 12.9. The van der Waals surface area contributed by atoms with Crippen molar-refractivity contribution in [3.05, 3.63) is 65.7 Å². The summed E-state index contributed by atoms with van der Waals surface area (Å²) in [5.74, 6) is -1.02. The second-order valence-electron chi connectivity index (χ2n) is 4.92. The van der Waals surface area contributed by atoms with E-state index in [4.69, 9.17) is 10.00 Å². The number of nitriles is 1. The van der Waals surface area contributed by atoms with Crippen molar-refractivity contribution in [3.63, 3.8) is 0 Å². The SMILES string of the molecule is C[C@H](C#N)OC(=O)c1ccccc1C(=O)N(C)c1ccccc1. The molecule has 0 saturated carbocycles. The van der Waals surface area contributed by atoms with Crippen LogP contribution in [0.5, 0.6) is 0 Å². The number of carbonyl (C=O) groups excluding carboxylic acids is 2. The summed E-state index contributed by atoms with van der Waals surface area (Å²) >= 11 is 0. The largest absolute Gasteiger partial charge is 0.444 e. The maximum absolute atomic E-state index is 12.7. The van der Waals surface area contributed by atoms with Gasteiger partial charge in [0.25, 0.3) is 5.91 Å². The summed E-state index contributed by atoms with van der Waals surface area (Å²) < 4.78 is 4.99. The molecule has 0 bridgehead atoms. The van der Waals surface area contributed by atoms with E-state index in [2.05, 4.69) is 0 Å². The first-order valence-corrected chi connectivity index (χ1v) is 7.07. The lowest BCUT2D eigenvalue weighted by Gasteiger charge is -2.19. The summed E-state index contributed by atoms with van der Waals surface area (Å²) in [5, 5.41) is 8.74. The number of hydrogen-bond acceptors (Lipinski definition) is 4. The molecule has 1 atom stereocenters. The van der Waals surface area contributed by atoms with E-state index in [1.807, 2.05) is 24.3 Å². The Morgan fingerprint density at radius 3 is 2.22 bits per heavy atom. The van der Waals surface area contributed by atoms with Crippen LogP contribution < -0.4 is 4.90 Å². The summed E-state index contributed by atoms with van der Waals surface area (Å²) in [7, 11) is 1.64. The second-order valence-corrected chi connectivity index (χ2v) is 4.92. The fourth-order valence-electron chi connectivity index (χ4n) is 2.05. The average Bonchev–Trinajstić information content (AvgIpc) is 2.61. The normalized spacial score (nSPS) is 11.2. The molecule has 0 aliphatic heterocycles. The Labute approximate surface area is 134 Å². The monoisotopic (exact) mass is 308 g/mol. The van der Waals surface area contributed by atoms with Crippen molar-refractivity contribution in [1.82, 2.24) is 0 Å². The minimum atomic E-state index is -0.877. The van der Waals surface area contributed by atoms with E-state index in [0.29, 0.717) is 5.69 Å². The first-order chi connectivity index (χ1) is 11.0. The van der Waals surface area contributed by atoms with Crippen LogP contribution in [0.15, 0.2) is 54.6 Å². The quantitative estimate of drug-likeness (QED) is 0.814. The standard InChI is InChI=1S/C18H16N2O3/c1-13(12-19)23-18(22)16-11-7-6-10-15(16)17(21)20(2)14-8-4-3-5-9-14/h3-11,13H,1-2H3/t13-/m1/s1. The zero-order chi connectivity index (χ0) is 16.8. The van der Waals surface area contributed by atoms with E-state index in [-0.39, 0.29) is 17.0 Å². The lowest BCUT2D eigenvalue weighted by Crippen LogP contribution is -2.28. The zero-order valence-corrected chi connectivity index (χ0v) is 12.9. The highest BCUT2D eigenvalue weighted by Crippen LogP contribution is 2.18. The predicted molar refractivity (Wildman–Crippen MR) is 86.1 cm³/mol. The van der Waals surface area contributed by atoms with Crippen LogP contribution in [0, 0.1) is 11.3 Å². The van der Waals surface area contributed by atoms with Gasteiger partial charge in [-0.05, 0) is 31.2 Å². The maximum Gasteiger partial charge on any atom is 0.340 e. The predicted octanol–water partition coefficient (Wildman–Crippen LogP) is 3.03. The van der Waals surface area contributed by atoms with Gasteiger partial charge < -0.3 is 9.64 Å². The molecule has 1 amide bonds. The highest BCUT2D eigenvalue weighted by molar-refractivity contribution is 6.12. The number of benzene rings is 2. The molecule has 0 aliphatic carbocycles. The highest BCUT2D eigenvalue weighted by Gasteiger charge is 2.22. The van der Waals surface area contributed by atoms with Gasteiger partial charge in [-0.3, -0.25) is 4.79 Å². The van der Waals surface area contributed by atoms with Crippen LogP contribution in [0.3, 0.4) is 0 Å². The number of nitrogens with zero attached hydrogens (tertiary/aromatic N) is 2. The van der Waals surface area contributed by atoms with Gasteiger partial charge >= 0.3 is 5.97 Å². The number of esters is 1. The molecule has 0 unspecified atom stereocenters. The van der Waals surface area contributed by atoms with Crippen LogP contribution in [0.2, 0.25) is 0 Å². The number of hydrogen-bond donors (Lipinski definition) is 0. The minimum Gasteiger partial charge on any atom is -0.444 e. The van der Waals surface area contributed by atoms with Crippen LogP contribution in [0.25, 0.3) is 0 Å². The van der Waals surface area contributed by atoms with Crippen LogP contribution in [-0.4, -0.2) is 25.0 Å². The Balaban J connectivity index is 2.31. The van der Waals surface area contributed by atoms with Crippen molar-refractivity contribution in [2.45, 2.75) is 13.0 Å². The van der Waals surface area contributed by atoms with Gasteiger partial charge in [-0.2, -0.15) is 5.26 Å². The van der Waals surface area contributed by atoms with Gasteiger partial charge in [-0.1, -0.05) is 30.3 Å². The van der Waals surface area contributed by atoms with Crippen molar-refractivity contribution in [2.75, 3.05) is 11.9 Å². The number of para-hydroxylation sites is 1. The van der Waals surface area contributed by atoms with Gasteiger partial charge in [-0.25, -0.2) is 4.79 Å². The second kappa shape index (κ2) is 7.23. The van der Waals surface area contributed by atoms with E-state index in [9.17, 15) is 9.59 Å². The molecule has 0 N–H and O–H groups in total. The first kappa shape index (κ1) is 16.2. The smallest absolute Gasteiger partial charge is 0.340 e. The summed E-state index contributed by atoms with van der Waals surface area (Å²) in [6, 6.07) is 17.3. The molecule has 2 aromatic carbocycles. The number of amides is 1. The Hall–Kier alpha value is -3.13. The third-order valence-electron chi connectivity index (χ3n) is 3.29. The minimum absolute atomic E-state index is 0.141. The fourth-order valence-corrected chi connectivity index (χ4v) is 2.05. The van der Waals surface area contributed by atoms with Gasteiger partial charge in [0, 0.05) is 12.7 Å². The van der Waals surface area contributed by atoms with E-state index in [0.717, 1.165) is 0 Å². The van der Waals surface area contributed by atoms with Crippen molar-refractivity contribution in [2.24, 2.45) is 0 Å². The van der Waals surface area contributed by atoms with Crippen LogP contribution in [0.4, 0.5) is 5.69 Å². The Morgan fingerprint density at radius 1 is 1.04 bits per heavy atom. The number of ether oxygens (including phenoxy) is 1. The molecular weight excluding hydrogens is 292 g/mol. The summed E-state index contributed by atoms with van der Waals surface area (Å²) in [6.45, 7) is 1.47. The van der Waals surface area contributed by atoms with E-state index in [1.165, 1.54) is 17.9 Å². The highest BCUT2D eigenvalue weighted by atomic mass is 16.5. The molecular formula is C18H16N2O3. The van der Waals surface area contributed by atoms with Crippen LogP contribution >= 0.6 is 0 Å². The van der Waals surface area contributed by atoms with Crippen molar-refractivity contribution >= 4 is 17.6 Å².